The van der Waals surface area contributed by atoms with Gasteiger partial charge in [0.25, 0.3) is 0 Å². The number of rotatable bonds is 1. The summed E-state index contributed by atoms with van der Waals surface area (Å²) in [6.07, 6.45) is 0.751. The third-order valence-corrected chi connectivity index (χ3v) is 0.881. The molecule has 0 aromatic heterocycles. The fourth-order valence-electron chi connectivity index (χ4n) is 0.130. The molecule has 0 amide bonds. The van der Waals surface area contributed by atoms with E-state index in [1.165, 1.54) is 6.07 Å². The van der Waals surface area contributed by atoms with Crippen LogP contribution in [0.25, 0.3) is 0 Å². The fourth-order valence-corrected chi connectivity index (χ4v) is 0.391. The molecule has 0 aromatic rings. The lowest BCUT2D eigenvalue weighted by molar-refractivity contribution is 0.386. The third kappa shape index (κ3) is 5.38. The van der Waals surface area contributed by atoms with Gasteiger partial charge in [0, 0.05) is 11.9 Å². The molecule has 5 heteroatoms. The summed E-state index contributed by atoms with van der Waals surface area (Å²) >= 11 is 0. The Bertz CT molecular complexity index is 173. The zero-order chi connectivity index (χ0) is 6.62. The van der Waals surface area contributed by atoms with Crippen molar-refractivity contribution in [2.45, 2.75) is 0 Å². The predicted molar refractivity (Wildman–Crippen MR) is 26.8 cm³/mol. The second-order valence-electron chi connectivity index (χ2n) is 1.03. The van der Waals surface area contributed by atoms with Gasteiger partial charge >= 0.3 is 7.60 Å². The summed E-state index contributed by atoms with van der Waals surface area (Å²) in [5.41, 5.74) is 0. The van der Waals surface area contributed by atoms with E-state index in [1.54, 1.807) is 0 Å². The van der Waals surface area contributed by atoms with Crippen LogP contribution in [0.5, 0.6) is 0 Å². The summed E-state index contributed by atoms with van der Waals surface area (Å²) in [7, 11) is -4.09. The molecule has 0 heterocycles. The summed E-state index contributed by atoms with van der Waals surface area (Å²) in [4.78, 5) is 16.0. The zero-order valence-electron chi connectivity index (χ0n) is 3.85. The van der Waals surface area contributed by atoms with Gasteiger partial charge in [0.15, 0.2) is 0 Å². The van der Waals surface area contributed by atoms with Crippen molar-refractivity contribution in [3.05, 3.63) is 11.9 Å². The predicted octanol–water partition coefficient (Wildman–Crippen LogP) is 0.201. The first kappa shape index (κ1) is 7.38. The molecule has 0 fully saturated rings. The van der Waals surface area contributed by atoms with Gasteiger partial charge in [0.1, 0.15) is 0 Å². The van der Waals surface area contributed by atoms with E-state index >= 15 is 0 Å². The monoisotopic (exact) mass is 133 g/mol. The van der Waals surface area contributed by atoms with Gasteiger partial charge in [-0.1, -0.05) is 0 Å². The van der Waals surface area contributed by atoms with E-state index in [0.717, 1.165) is 6.08 Å². The first-order chi connectivity index (χ1) is 3.56. The van der Waals surface area contributed by atoms with Crippen molar-refractivity contribution in [1.82, 2.24) is 0 Å². The van der Waals surface area contributed by atoms with Crippen LogP contribution in [0.15, 0.2) is 11.9 Å². The quantitative estimate of drug-likeness (QED) is 0.395. The number of nitriles is 1. The van der Waals surface area contributed by atoms with Crippen molar-refractivity contribution in [3.63, 3.8) is 0 Å². The number of hydrogen-bond donors (Lipinski definition) is 2. The van der Waals surface area contributed by atoms with Crippen LogP contribution in [-0.2, 0) is 4.57 Å². The third-order valence-electron chi connectivity index (χ3n) is 0.343. The summed E-state index contributed by atoms with van der Waals surface area (Å²) in [5, 5.41) is 7.75. The average molecular weight is 133 g/mol. The molecule has 0 saturated carbocycles. The minimum Gasteiger partial charge on any atom is -0.321 e. The highest BCUT2D eigenvalue weighted by Crippen LogP contribution is 2.35. The Morgan fingerprint density at radius 2 is 2.12 bits per heavy atom. The van der Waals surface area contributed by atoms with E-state index in [9.17, 15) is 4.57 Å². The van der Waals surface area contributed by atoms with Gasteiger partial charge in [-0.2, -0.15) is 5.26 Å². The molecular formula is C3H4NO3P. The Labute approximate surface area is 46.2 Å². The molecule has 44 valence electrons. The molecule has 0 aliphatic heterocycles. The van der Waals surface area contributed by atoms with Gasteiger partial charge in [-0.25, -0.2) is 0 Å². The molecule has 8 heavy (non-hydrogen) atoms. The Kier molecular flexibility index (Phi) is 2.43. The highest BCUT2D eigenvalue weighted by atomic mass is 31.2. The van der Waals surface area contributed by atoms with Crippen LogP contribution in [0.4, 0.5) is 0 Å². The van der Waals surface area contributed by atoms with Crippen LogP contribution < -0.4 is 0 Å². The maximum Gasteiger partial charge on any atom is 0.349 e. The topological polar surface area (TPSA) is 81.3 Å². The molecule has 0 saturated heterocycles. The Balaban J connectivity index is 3.96. The highest BCUT2D eigenvalue weighted by Gasteiger charge is 2.03. The molecule has 0 radical (unpaired) electrons. The van der Waals surface area contributed by atoms with E-state index in [0.29, 0.717) is 5.82 Å². The van der Waals surface area contributed by atoms with E-state index in [-0.39, 0.29) is 0 Å². The minimum atomic E-state index is -4.09. The van der Waals surface area contributed by atoms with Gasteiger partial charge in [-0.05, 0) is 0 Å². The lowest BCUT2D eigenvalue weighted by Crippen LogP contribution is -1.66. The van der Waals surface area contributed by atoms with E-state index < -0.39 is 7.60 Å². The lowest BCUT2D eigenvalue weighted by Gasteiger charge is -1.88. The highest BCUT2D eigenvalue weighted by molar-refractivity contribution is 7.55. The molecule has 4 nitrogen and oxygen atoms in total. The van der Waals surface area contributed by atoms with Gasteiger partial charge in [0.2, 0.25) is 0 Å². The molecular weight excluding hydrogens is 129 g/mol. The Morgan fingerprint density at radius 1 is 1.62 bits per heavy atom. The normalized spacial score (nSPS) is 11.6. The van der Waals surface area contributed by atoms with E-state index in [4.69, 9.17) is 15.0 Å². The molecule has 0 unspecified atom stereocenters. The first-order valence-corrected chi connectivity index (χ1v) is 3.37. The zero-order valence-corrected chi connectivity index (χ0v) is 4.75. The van der Waals surface area contributed by atoms with E-state index in [1.807, 2.05) is 0 Å². The molecule has 0 spiro atoms. The van der Waals surface area contributed by atoms with Gasteiger partial charge in [-0.15, -0.1) is 0 Å². The number of nitrogens with zero attached hydrogens (tertiary/aromatic N) is 1. The van der Waals surface area contributed by atoms with Crippen molar-refractivity contribution in [1.29, 1.82) is 5.26 Å². The SMILES string of the molecule is N#CC=CP(=O)(O)O. The van der Waals surface area contributed by atoms with Crippen LogP contribution in [0.2, 0.25) is 0 Å². The van der Waals surface area contributed by atoms with Crippen LogP contribution in [0.3, 0.4) is 0 Å². The first-order valence-electron chi connectivity index (χ1n) is 1.69. The summed E-state index contributed by atoms with van der Waals surface area (Å²) < 4.78 is 9.85. The lowest BCUT2D eigenvalue weighted by atomic mass is 10.7. The minimum absolute atomic E-state index is 0.549. The van der Waals surface area contributed by atoms with Crippen molar-refractivity contribution in [2.24, 2.45) is 0 Å². The molecule has 0 rings (SSSR count). The van der Waals surface area contributed by atoms with Crippen LogP contribution in [-0.4, -0.2) is 9.79 Å². The number of allylic oxidation sites excluding steroid dienone is 1. The van der Waals surface area contributed by atoms with Crippen molar-refractivity contribution in [3.8, 4) is 6.07 Å². The van der Waals surface area contributed by atoms with Crippen LogP contribution in [0.1, 0.15) is 0 Å². The van der Waals surface area contributed by atoms with Gasteiger partial charge in [0.05, 0.1) is 6.07 Å². The van der Waals surface area contributed by atoms with Gasteiger partial charge in [-0.3, -0.25) is 4.57 Å². The van der Waals surface area contributed by atoms with E-state index in [2.05, 4.69) is 0 Å². The summed E-state index contributed by atoms with van der Waals surface area (Å²) in [6.45, 7) is 0. The van der Waals surface area contributed by atoms with Crippen LogP contribution >= 0.6 is 7.60 Å². The Hall–Kier alpha value is -0.620. The largest absolute Gasteiger partial charge is 0.349 e. The van der Waals surface area contributed by atoms with Gasteiger partial charge < -0.3 is 9.79 Å². The second-order valence-corrected chi connectivity index (χ2v) is 2.51. The van der Waals surface area contributed by atoms with Crippen LogP contribution in [0, 0.1) is 11.3 Å². The molecule has 0 aromatic carbocycles. The molecule has 0 bridgehead atoms. The second kappa shape index (κ2) is 2.63. The van der Waals surface area contributed by atoms with Crippen molar-refractivity contribution in [2.75, 3.05) is 0 Å². The molecule has 2 N–H and O–H groups in total. The average Bonchev–Trinajstić information content (AvgIpc) is 1.59. The maximum absolute atomic E-state index is 9.85. The van der Waals surface area contributed by atoms with Crippen molar-refractivity contribution >= 4 is 7.60 Å². The number of hydrogen-bond acceptors (Lipinski definition) is 2. The van der Waals surface area contributed by atoms with Crippen molar-refractivity contribution < 1.29 is 14.4 Å². The Morgan fingerprint density at radius 3 is 2.25 bits per heavy atom. The molecule has 0 aliphatic rings. The standard InChI is InChI=1S/C3H4NO3P/c4-2-1-3-8(5,6)7/h1,3H,(H2,5,6,7). The summed E-state index contributed by atoms with van der Waals surface area (Å²) in [6, 6.07) is 1.45. The molecule has 0 aliphatic carbocycles. The smallest absolute Gasteiger partial charge is 0.321 e. The fraction of sp³-hybridized carbons (Fsp3) is 0. The molecule has 0 atom stereocenters. The summed E-state index contributed by atoms with van der Waals surface area (Å²) in [5.74, 6) is 0.549. The maximum atomic E-state index is 9.85.